The van der Waals surface area contributed by atoms with Crippen LogP contribution in [0.25, 0.3) is 11.1 Å². The third kappa shape index (κ3) is 2.54. The van der Waals surface area contributed by atoms with Crippen molar-refractivity contribution in [1.29, 1.82) is 0 Å². The van der Waals surface area contributed by atoms with Crippen LogP contribution < -0.4 is 5.32 Å². The van der Waals surface area contributed by atoms with Gasteiger partial charge in [0, 0.05) is 22.8 Å². The molecule has 0 spiro atoms. The number of ketones is 1. The number of carbonyl (C=O) groups excluding carboxylic acids is 2. The molecule has 0 radical (unpaired) electrons. The highest BCUT2D eigenvalue weighted by Gasteiger charge is 2.54. The fraction of sp³-hybridized carbons (Fsp3) is 0.0526. The number of anilines is 1. The van der Waals surface area contributed by atoms with Gasteiger partial charge in [0.2, 0.25) is 5.78 Å². The highest BCUT2D eigenvalue weighted by molar-refractivity contribution is 7.21. The molecule has 1 aromatic heterocycles. The number of amides is 1. The fourth-order valence-corrected chi connectivity index (χ4v) is 4.42. The molecule has 1 amide bonds. The lowest BCUT2D eigenvalue weighted by Crippen LogP contribution is -2.47. The number of rotatable bonds is 2. The molecule has 0 saturated carbocycles. The van der Waals surface area contributed by atoms with Gasteiger partial charge in [-0.15, -0.1) is 11.3 Å². The first-order chi connectivity index (χ1) is 12.8. The standard InChI is InChI=1S/C19H10ClF2NO3S/c20-16-13(11-7-6-10(21)8-12(11)24)14-15(25)19(22,9-4-2-1-3-5-9)18(26)23-17(14)27-16/h1-8,24H,(H,23,26). The number of aromatic hydroxyl groups is 1. The van der Waals surface area contributed by atoms with Gasteiger partial charge in [-0.05, 0) is 12.1 Å². The maximum atomic E-state index is 15.7. The number of thiophene rings is 1. The first-order valence-electron chi connectivity index (χ1n) is 7.76. The van der Waals surface area contributed by atoms with Crippen LogP contribution in [0.5, 0.6) is 5.75 Å². The number of carbonyl (C=O) groups is 2. The molecule has 27 heavy (non-hydrogen) atoms. The van der Waals surface area contributed by atoms with Crippen LogP contribution >= 0.6 is 22.9 Å². The van der Waals surface area contributed by atoms with Crippen LogP contribution in [0, 0.1) is 5.82 Å². The topological polar surface area (TPSA) is 66.4 Å². The van der Waals surface area contributed by atoms with Gasteiger partial charge in [0.25, 0.3) is 11.6 Å². The summed E-state index contributed by atoms with van der Waals surface area (Å²) >= 11 is 7.09. The highest BCUT2D eigenvalue weighted by atomic mass is 35.5. The number of fused-ring (bicyclic) bond motifs is 1. The molecule has 0 bridgehead atoms. The number of hydrogen-bond donors (Lipinski definition) is 2. The maximum absolute atomic E-state index is 15.7. The summed E-state index contributed by atoms with van der Waals surface area (Å²) < 4.78 is 29.1. The highest BCUT2D eigenvalue weighted by Crippen LogP contribution is 2.51. The first-order valence-corrected chi connectivity index (χ1v) is 8.95. The zero-order chi connectivity index (χ0) is 19.3. The van der Waals surface area contributed by atoms with Crippen LogP contribution in [0.2, 0.25) is 4.34 Å². The lowest BCUT2D eigenvalue weighted by Gasteiger charge is -2.28. The van der Waals surface area contributed by atoms with Gasteiger partial charge in [-0.2, -0.15) is 0 Å². The predicted octanol–water partition coefficient (Wildman–Crippen LogP) is 4.91. The van der Waals surface area contributed by atoms with Crippen molar-refractivity contribution in [3.05, 3.63) is 69.8 Å². The molecule has 1 aliphatic heterocycles. The van der Waals surface area contributed by atoms with Gasteiger partial charge in [-0.3, -0.25) is 9.59 Å². The van der Waals surface area contributed by atoms with Crippen molar-refractivity contribution in [3.63, 3.8) is 0 Å². The van der Waals surface area contributed by atoms with Gasteiger partial charge in [-0.25, -0.2) is 8.78 Å². The number of phenolic OH excluding ortho intramolecular Hbond substituents is 1. The zero-order valence-electron chi connectivity index (χ0n) is 13.4. The lowest BCUT2D eigenvalue weighted by molar-refractivity contribution is -0.125. The molecule has 0 aliphatic carbocycles. The predicted molar refractivity (Wildman–Crippen MR) is 98.6 cm³/mol. The minimum absolute atomic E-state index is 0.0529. The number of benzene rings is 2. The van der Waals surface area contributed by atoms with Crippen LogP contribution in [0.15, 0.2) is 48.5 Å². The summed E-state index contributed by atoms with van der Waals surface area (Å²) in [6.07, 6.45) is 0. The maximum Gasteiger partial charge on any atom is 0.275 e. The summed E-state index contributed by atoms with van der Waals surface area (Å²) in [5.74, 6) is -3.33. The number of nitrogens with one attached hydrogen (secondary N) is 1. The van der Waals surface area contributed by atoms with Crippen molar-refractivity contribution >= 4 is 39.6 Å². The van der Waals surface area contributed by atoms with E-state index in [0.29, 0.717) is 0 Å². The molecule has 1 unspecified atom stereocenters. The number of alkyl halides is 1. The molecule has 1 atom stereocenters. The molecule has 2 heterocycles. The first kappa shape index (κ1) is 17.6. The van der Waals surface area contributed by atoms with E-state index in [9.17, 15) is 19.1 Å². The molecule has 136 valence electrons. The van der Waals surface area contributed by atoms with Crippen molar-refractivity contribution in [2.75, 3.05) is 5.32 Å². The summed E-state index contributed by atoms with van der Waals surface area (Å²) in [6.45, 7) is 0. The third-order valence-electron chi connectivity index (χ3n) is 4.35. The Labute approximate surface area is 161 Å². The summed E-state index contributed by atoms with van der Waals surface area (Å²) in [5.41, 5.74) is -3.09. The van der Waals surface area contributed by atoms with Gasteiger partial charge in [-0.1, -0.05) is 41.9 Å². The Morgan fingerprint density at radius 3 is 2.44 bits per heavy atom. The van der Waals surface area contributed by atoms with Gasteiger partial charge in [0.05, 0.1) is 5.56 Å². The van der Waals surface area contributed by atoms with Crippen molar-refractivity contribution < 1.29 is 23.5 Å². The van der Waals surface area contributed by atoms with Crippen LogP contribution in [0.3, 0.4) is 0 Å². The Balaban J connectivity index is 1.96. The van der Waals surface area contributed by atoms with E-state index >= 15 is 4.39 Å². The molecule has 3 aromatic rings. The van der Waals surface area contributed by atoms with Gasteiger partial charge < -0.3 is 10.4 Å². The smallest absolute Gasteiger partial charge is 0.275 e. The van der Waals surface area contributed by atoms with Crippen LogP contribution in [0.1, 0.15) is 15.9 Å². The van der Waals surface area contributed by atoms with Crippen molar-refractivity contribution in [1.82, 2.24) is 0 Å². The summed E-state index contributed by atoms with van der Waals surface area (Å²) in [4.78, 5) is 25.5. The molecule has 0 saturated heterocycles. The number of halogens is 3. The molecule has 4 rings (SSSR count). The van der Waals surface area contributed by atoms with E-state index < -0.39 is 28.9 Å². The largest absolute Gasteiger partial charge is 0.507 e. The Bertz CT molecular complexity index is 1100. The van der Waals surface area contributed by atoms with E-state index in [1.807, 2.05) is 0 Å². The Morgan fingerprint density at radius 2 is 1.78 bits per heavy atom. The quantitative estimate of drug-likeness (QED) is 0.595. The Kier molecular flexibility index (Phi) is 4.01. The second kappa shape index (κ2) is 6.14. The van der Waals surface area contributed by atoms with Crippen LogP contribution in [0.4, 0.5) is 13.8 Å². The number of Topliss-reactive ketones (excluding diaryl/α,β-unsaturated/α-hetero) is 1. The lowest BCUT2D eigenvalue weighted by atomic mass is 9.83. The van der Waals surface area contributed by atoms with Crippen molar-refractivity contribution in [2.45, 2.75) is 5.67 Å². The van der Waals surface area contributed by atoms with Crippen LogP contribution in [-0.4, -0.2) is 16.8 Å². The molecular formula is C19H10ClF2NO3S. The van der Waals surface area contributed by atoms with Crippen molar-refractivity contribution in [3.8, 4) is 16.9 Å². The average molecular weight is 406 g/mol. The minimum Gasteiger partial charge on any atom is -0.507 e. The van der Waals surface area contributed by atoms with Crippen molar-refractivity contribution in [2.24, 2.45) is 0 Å². The summed E-state index contributed by atoms with van der Waals surface area (Å²) in [5, 5.41) is 12.6. The van der Waals surface area contributed by atoms with E-state index in [0.717, 1.165) is 23.5 Å². The monoisotopic (exact) mass is 405 g/mol. The minimum atomic E-state index is -2.94. The molecule has 2 aromatic carbocycles. The summed E-state index contributed by atoms with van der Waals surface area (Å²) in [6, 6.07) is 10.5. The SMILES string of the molecule is O=C1Nc2sc(Cl)c(-c3ccc(F)cc3O)c2C(=O)C1(F)c1ccccc1. The van der Waals surface area contributed by atoms with Gasteiger partial charge in [0.15, 0.2) is 0 Å². The average Bonchev–Trinajstić information content (AvgIpc) is 2.96. The number of phenols is 1. The molecule has 8 heteroatoms. The number of hydrogen-bond acceptors (Lipinski definition) is 4. The van der Waals surface area contributed by atoms with E-state index in [2.05, 4.69) is 5.32 Å². The Morgan fingerprint density at radius 1 is 1.07 bits per heavy atom. The molecule has 1 aliphatic rings. The fourth-order valence-electron chi connectivity index (χ4n) is 3.06. The molecule has 0 fully saturated rings. The second-order valence-corrected chi connectivity index (χ2v) is 7.55. The molecule has 4 nitrogen and oxygen atoms in total. The summed E-state index contributed by atoms with van der Waals surface area (Å²) in [7, 11) is 0. The zero-order valence-corrected chi connectivity index (χ0v) is 15.0. The normalized spacial score (nSPS) is 18.9. The van der Waals surface area contributed by atoms with Gasteiger partial charge >= 0.3 is 0 Å². The van der Waals surface area contributed by atoms with E-state index in [1.165, 1.54) is 30.3 Å². The van der Waals surface area contributed by atoms with Crippen LogP contribution in [-0.2, 0) is 10.5 Å². The van der Waals surface area contributed by atoms with Gasteiger partial charge in [0.1, 0.15) is 20.9 Å². The molecule has 2 N–H and O–H groups in total. The second-order valence-electron chi connectivity index (χ2n) is 5.92. The third-order valence-corrected chi connectivity index (χ3v) is 5.66. The van der Waals surface area contributed by atoms with E-state index in [-0.39, 0.29) is 31.6 Å². The Hall–Kier alpha value is -2.77. The molecular weight excluding hydrogens is 396 g/mol. The van der Waals surface area contributed by atoms with E-state index in [1.54, 1.807) is 6.07 Å². The van der Waals surface area contributed by atoms with E-state index in [4.69, 9.17) is 11.6 Å².